The third-order valence-electron chi connectivity index (χ3n) is 4.91. The van der Waals surface area contributed by atoms with Crippen LogP contribution in [0.2, 0.25) is 0 Å². The van der Waals surface area contributed by atoms with Gasteiger partial charge in [-0.25, -0.2) is 0 Å². The Balaban J connectivity index is 1.66. The summed E-state index contributed by atoms with van der Waals surface area (Å²) >= 11 is 0. The Kier molecular flexibility index (Phi) is 3.99. The second kappa shape index (κ2) is 6.33. The molecule has 2 amide bonds. The summed E-state index contributed by atoms with van der Waals surface area (Å²) in [6.45, 7) is 2.76. The molecule has 0 bridgehead atoms. The first kappa shape index (κ1) is 16.4. The molecule has 0 unspecified atom stereocenters. The maximum Gasteiger partial charge on any atom is 0.290 e. The summed E-state index contributed by atoms with van der Waals surface area (Å²) in [5.74, 6) is 0.122. The normalized spacial score (nSPS) is 16.5. The monoisotopic (exact) mass is 352 g/mol. The molecule has 0 radical (unpaired) electrons. The highest BCUT2D eigenvalue weighted by Gasteiger charge is 2.32. The lowest BCUT2D eigenvalue weighted by molar-refractivity contribution is -0.121. The maximum absolute atomic E-state index is 13.1. The maximum atomic E-state index is 13.1. The number of amides is 2. The summed E-state index contributed by atoms with van der Waals surface area (Å²) in [5, 5.41) is 7.90. The number of nitrogens with one attached hydrogen (secondary N) is 1. The molecule has 134 valence electrons. The summed E-state index contributed by atoms with van der Waals surface area (Å²) in [5.41, 5.74) is 2.46. The third kappa shape index (κ3) is 2.65. The molecule has 3 aromatic rings. The molecule has 1 aliphatic rings. The van der Waals surface area contributed by atoms with Crippen LogP contribution in [0, 0.1) is 6.92 Å². The van der Waals surface area contributed by atoms with Crippen LogP contribution in [0.5, 0.6) is 0 Å². The van der Waals surface area contributed by atoms with Gasteiger partial charge in [0.1, 0.15) is 5.58 Å². The van der Waals surface area contributed by atoms with E-state index in [1.807, 2.05) is 41.9 Å². The van der Waals surface area contributed by atoms with Crippen LogP contribution in [0.1, 0.15) is 34.3 Å². The molecule has 4 rings (SSSR count). The van der Waals surface area contributed by atoms with Gasteiger partial charge in [-0.1, -0.05) is 18.2 Å². The number of hydrogen-bond donors (Lipinski definition) is 1. The molecule has 26 heavy (non-hydrogen) atoms. The fourth-order valence-corrected chi connectivity index (χ4v) is 3.53. The van der Waals surface area contributed by atoms with Gasteiger partial charge in [0.15, 0.2) is 5.76 Å². The van der Waals surface area contributed by atoms with Crippen molar-refractivity contribution in [1.29, 1.82) is 0 Å². The molecule has 2 aromatic heterocycles. The van der Waals surface area contributed by atoms with Gasteiger partial charge in [-0.3, -0.25) is 14.3 Å². The molecule has 0 saturated carbocycles. The minimum Gasteiger partial charge on any atom is -0.451 e. The summed E-state index contributed by atoms with van der Waals surface area (Å²) in [6.07, 6.45) is 1.97. The molecule has 0 spiro atoms. The van der Waals surface area contributed by atoms with Gasteiger partial charge in [-0.15, -0.1) is 0 Å². The van der Waals surface area contributed by atoms with Gasteiger partial charge in [0.05, 0.1) is 24.7 Å². The zero-order valence-electron chi connectivity index (χ0n) is 14.7. The van der Waals surface area contributed by atoms with Crippen LogP contribution in [0.4, 0.5) is 0 Å². The molecule has 0 aliphatic carbocycles. The molecule has 1 aromatic carbocycles. The quantitative estimate of drug-likeness (QED) is 0.784. The largest absolute Gasteiger partial charge is 0.451 e. The fraction of sp³-hybridized carbons (Fsp3) is 0.316. The van der Waals surface area contributed by atoms with E-state index >= 15 is 0 Å². The van der Waals surface area contributed by atoms with Crippen LogP contribution in [0.15, 0.2) is 40.9 Å². The fourth-order valence-electron chi connectivity index (χ4n) is 3.53. The number of para-hydroxylation sites is 1. The highest BCUT2D eigenvalue weighted by molar-refractivity contribution is 5.99. The Bertz CT molecular complexity index is 988. The molecule has 3 heterocycles. The number of rotatable bonds is 3. The van der Waals surface area contributed by atoms with Crippen molar-refractivity contribution in [2.24, 2.45) is 0 Å². The second-order valence-electron chi connectivity index (χ2n) is 6.54. The van der Waals surface area contributed by atoms with Gasteiger partial charge in [-0.2, -0.15) is 5.10 Å². The van der Waals surface area contributed by atoms with E-state index in [-0.39, 0.29) is 24.3 Å². The Morgan fingerprint density at radius 3 is 2.88 bits per heavy atom. The molecule has 0 saturated heterocycles. The summed E-state index contributed by atoms with van der Waals surface area (Å²) in [6, 6.07) is 9.31. The molecular weight excluding hydrogens is 332 g/mol. The number of carbonyl (C=O) groups excluding carboxylic acids is 2. The first-order valence-electron chi connectivity index (χ1n) is 8.59. The Labute approximate surface area is 150 Å². The number of furan rings is 1. The molecular formula is C19H20N4O3. The van der Waals surface area contributed by atoms with Crippen LogP contribution < -0.4 is 5.32 Å². The van der Waals surface area contributed by atoms with E-state index in [9.17, 15) is 9.59 Å². The number of hydrogen-bond acceptors (Lipinski definition) is 4. The van der Waals surface area contributed by atoms with Crippen molar-refractivity contribution in [3.05, 3.63) is 53.5 Å². The van der Waals surface area contributed by atoms with Gasteiger partial charge < -0.3 is 14.6 Å². The van der Waals surface area contributed by atoms with Crippen LogP contribution in [0.3, 0.4) is 0 Å². The molecule has 7 nitrogen and oxygen atoms in total. The van der Waals surface area contributed by atoms with E-state index < -0.39 is 0 Å². The zero-order valence-corrected chi connectivity index (χ0v) is 14.7. The number of nitrogens with zero attached hydrogens (tertiary/aromatic N) is 3. The summed E-state index contributed by atoms with van der Waals surface area (Å²) in [7, 11) is 1.61. The molecule has 0 fully saturated rings. The number of fused-ring (bicyclic) bond motifs is 2. The lowest BCUT2D eigenvalue weighted by atomic mass is 10.1. The van der Waals surface area contributed by atoms with Gasteiger partial charge in [0.2, 0.25) is 5.91 Å². The molecule has 7 heteroatoms. The lowest BCUT2D eigenvalue weighted by Crippen LogP contribution is -2.42. The van der Waals surface area contributed by atoms with E-state index in [1.54, 1.807) is 18.1 Å². The Morgan fingerprint density at radius 2 is 2.12 bits per heavy atom. The topological polar surface area (TPSA) is 80.4 Å². The van der Waals surface area contributed by atoms with Gasteiger partial charge in [0, 0.05) is 30.7 Å². The Hall–Kier alpha value is -3.09. The standard InChI is InChI=1S/C19H20N4O3/c1-12-15-5-3-4-6-16(15)26-18(12)19(25)22-10-13-7-8-21-23(13)14(11-22)9-17(24)20-2/h3-8,14H,9-11H2,1-2H3,(H,20,24)/t14-/m0/s1. The summed E-state index contributed by atoms with van der Waals surface area (Å²) < 4.78 is 7.67. The third-order valence-corrected chi connectivity index (χ3v) is 4.91. The number of carbonyl (C=O) groups is 2. The number of benzene rings is 1. The van der Waals surface area contributed by atoms with E-state index in [0.717, 1.165) is 16.6 Å². The lowest BCUT2D eigenvalue weighted by Gasteiger charge is -2.33. The first-order chi connectivity index (χ1) is 12.6. The van der Waals surface area contributed by atoms with E-state index in [1.165, 1.54) is 0 Å². The van der Waals surface area contributed by atoms with E-state index in [0.29, 0.717) is 24.4 Å². The van der Waals surface area contributed by atoms with Crippen molar-refractivity contribution < 1.29 is 14.0 Å². The van der Waals surface area contributed by atoms with Gasteiger partial charge in [0.25, 0.3) is 5.91 Å². The predicted molar refractivity (Wildman–Crippen MR) is 95.6 cm³/mol. The van der Waals surface area contributed by atoms with Crippen molar-refractivity contribution in [1.82, 2.24) is 20.0 Å². The van der Waals surface area contributed by atoms with E-state index in [4.69, 9.17) is 4.42 Å². The highest BCUT2D eigenvalue weighted by Crippen LogP contribution is 2.29. The first-order valence-corrected chi connectivity index (χ1v) is 8.59. The smallest absolute Gasteiger partial charge is 0.290 e. The number of aromatic nitrogens is 2. The van der Waals surface area contributed by atoms with Crippen molar-refractivity contribution in [2.75, 3.05) is 13.6 Å². The summed E-state index contributed by atoms with van der Waals surface area (Å²) in [4.78, 5) is 26.7. The van der Waals surface area contributed by atoms with E-state index in [2.05, 4.69) is 10.4 Å². The average molecular weight is 352 g/mol. The van der Waals surface area contributed by atoms with Crippen molar-refractivity contribution in [3.8, 4) is 0 Å². The van der Waals surface area contributed by atoms with Crippen LogP contribution in [0.25, 0.3) is 11.0 Å². The minimum absolute atomic E-state index is 0.0781. The zero-order chi connectivity index (χ0) is 18.3. The van der Waals surface area contributed by atoms with Crippen molar-refractivity contribution >= 4 is 22.8 Å². The second-order valence-corrected chi connectivity index (χ2v) is 6.54. The van der Waals surface area contributed by atoms with Crippen molar-refractivity contribution in [2.45, 2.75) is 25.9 Å². The minimum atomic E-state index is -0.192. The van der Waals surface area contributed by atoms with Gasteiger partial charge in [-0.05, 0) is 19.1 Å². The highest BCUT2D eigenvalue weighted by atomic mass is 16.3. The molecule has 1 N–H and O–H groups in total. The van der Waals surface area contributed by atoms with Crippen LogP contribution >= 0.6 is 0 Å². The number of aryl methyl sites for hydroxylation is 1. The van der Waals surface area contributed by atoms with Crippen LogP contribution in [-0.2, 0) is 11.3 Å². The average Bonchev–Trinajstić information content (AvgIpc) is 3.26. The molecule has 1 atom stereocenters. The van der Waals surface area contributed by atoms with Crippen LogP contribution in [-0.4, -0.2) is 40.1 Å². The molecule has 1 aliphatic heterocycles. The van der Waals surface area contributed by atoms with Gasteiger partial charge >= 0.3 is 0 Å². The Morgan fingerprint density at radius 1 is 1.31 bits per heavy atom. The predicted octanol–water partition coefficient (Wildman–Crippen LogP) is 2.27. The SMILES string of the molecule is CNC(=O)C[C@H]1CN(C(=O)c2oc3ccccc3c2C)Cc2ccnn21. The van der Waals surface area contributed by atoms with Crippen molar-refractivity contribution in [3.63, 3.8) is 0 Å².